The summed E-state index contributed by atoms with van der Waals surface area (Å²) in [6.45, 7) is 4.76. The first kappa shape index (κ1) is 14.5. The SMILES string of the molecule is CCC1Cc2ccc(C34CC5CC(CC(C5)C3)C4)nc2C(C)C1. The van der Waals surface area contributed by atoms with Gasteiger partial charge in [-0.2, -0.15) is 0 Å². The van der Waals surface area contributed by atoms with Crippen LogP contribution in [0, 0.1) is 23.7 Å². The summed E-state index contributed by atoms with van der Waals surface area (Å²) in [6, 6.07) is 4.91. The molecule has 0 aliphatic heterocycles. The normalized spacial score (nSPS) is 44.3. The van der Waals surface area contributed by atoms with Crippen molar-refractivity contribution in [2.45, 2.75) is 83.0 Å². The van der Waals surface area contributed by atoms with E-state index in [4.69, 9.17) is 4.98 Å². The number of hydrogen-bond donors (Lipinski definition) is 0. The van der Waals surface area contributed by atoms with E-state index in [1.165, 1.54) is 69.2 Å². The minimum Gasteiger partial charge on any atom is -0.257 e. The van der Waals surface area contributed by atoms with Gasteiger partial charge in [0.15, 0.2) is 0 Å². The summed E-state index contributed by atoms with van der Waals surface area (Å²) < 4.78 is 0. The first-order chi connectivity index (χ1) is 11.1. The fourth-order valence-electron chi connectivity index (χ4n) is 7.14. The second-order valence-corrected chi connectivity index (χ2v) is 9.55. The fourth-order valence-corrected chi connectivity index (χ4v) is 7.14. The molecule has 1 heteroatoms. The van der Waals surface area contributed by atoms with E-state index in [1.54, 1.807) is 5.56 Å². The van der Waals surface area contributed by atoms with E-state index in [-0.39, 0.29) is 0 Å². The maximum Gasteiger partial charge on any atom is 0.0469 e. The Kier molecular flexibility index (Phi) is 3.19. The third-order valence-electron chi connectivity index (χ3n) is 7.83. The first-order valence-electron chi connectivity index (χ1n) is 10.2. The Morgan fingerprint density at radius 1 is 1.00 bits per heavy atom. The summed E-state index contributed by atoms with van der Waals surface area (Å²) >= 11 is 0. The smallest absolute Gasteiger partial charge is 0.0469 e. The Labute approximate surface area is 141 Å². The zero-order chi connectivity index (χ0) is 15.6. The van der Waals surface area contributed by atoms with Crippen LogP contribution in [0.5, 0.6) is 0 Å². The monoisotopic (exact) mass is 309 g/mol. The summed E-state index contributed by atoms with van der Waals surface area (Å²) in [5.41, 5.74) is 4.97. The molecule has 0 N–H and O–H groups in total. The number of aromatic nitrogens is 1. The average Bonchev–Trinajstić information content (AvgIpc) is 2.53. The van der Waals surface area contributed by atoms with Crippen molar-refractivity contribution < 1.29 is 0 Å². The van der Waals surface area contributed by atoms with E-state index in [2.05, 4.69) is 26.0 Å². The molecular weight excluding hydrogens is 278 g/mol. The summed E-state index contributed by atoms with van der Waals surface area (Å²) in [6.07, 6.45) is 12.8. The molecule has 0 radical (unpaired) electrons. The third-order valence-corrected chi connectivity index (χ3v) is 7.83. The lowest BCUT2D eigenvalue weighted by Gasteiger charge is -2.56. The highest BCUT2D eigenvalue weighted by Crippen LogP contribution is 2.60. The summed E-state index contributed by atoms with van der Waals surface area (Å²) in [4.78, 5) is 5.35. The van der Waals surface area contributed by atoms with E-state index in [0.29, 0.717) is 11.3 Å². The standard InChI is InChI=1S/C22H31N/c1-3-15-6-14(2)21-19(10-15)4-5-20(23-21)22-11-16-7-17(12-22)9-18(8-16)13-22/h4-5,14-18H,3,6-13H2,1-2H3. The van der Waals surface area contributed by atoms with Gasteiger partial charge in [0, 0.05) is 16.8 Å². The Bertz CT molecular complexity index is 581. The Balaban J connectivity index is 1.51. The predicted molar refractivity (Wildman–Crippen MR) is 94.6 cm³/mol. The molecule has 0 spiro atoms. The molecule has 0 aromatic carbocycles. The van der Waals surface area contributed by atoms with Gasteiger partial charge in [-0.1, -0.05) is 26.3 Å². The van der Waals surface area contributed by atoms with Gasteiger partial charge in [-0.3, -0.25) is 4.98 Å². The molecule has 4 fully saturated rings. The van der Waals surface area contributed by atoms with E-state index in [1.807, 2.05) is 0 Å². The van der Waals surface area contributed by atoms with Crippen molar-refractivity contribution in [1.29, 1.82) is 0 Å². The van der Waals surface area contributed by atoms with Crippen LogP contribution in [0.15, 0.2) is 12.1 Å². The van der Waals surface area contributed by atoms with Crippen LogP contribution in [0.4, 0.5) is 0 Å². The number of nitrogens with zero attached hydrogens (tertiary/aromatic N) is 1. The molecule has 5 aliphatic carbocycles. The molecule has 6 rings (SSSR count). The molecule has 0 amide bonds. The van der Waals surface area contributed by atoms with Gasteiger partial charge in [0.2, 0.25) is 0 Å². The average molecular weight is 309 g/mol. The van der Waals surface area contributed by atoms with Gasteiger partial charge in [0.1, 0.15) is 0 Å². The Hall–Kier alpha value is -0.850. The van der Waals surface area contributed by atoms with Gasteiger partial charge in [0.25, 0.3) is 0 Å². The van der Waals surface area contributed by atoms with E-state index in [9.17, 15) is 0 Å². The molecule has 1 aromatic heterocycles. The minimum absolute atomic E-state index is 0.463. The highest BCUT2D eigenvalue weighted by atomic mass is 14.8. The van der Waals surface area contributed by atoms with E-state index >= 15 is 0 Å². The topological polar surface area (TPSA) is 12.9 Å². The highest BCUT2D eigenvalue weighted by Gasteiger charge is 2.52. The molecule has 2 atom stereocenters. The van der Waals surface area contributed by atoms with Crippen LogP contribution in [0.1, 0.15) is 88.1 Å². The predicted octanol–water partition coefficient (Wildman–Crippen LogP) is 5.63. The molecule has 23 heavy (non-hydrogen) atoms. The number of fused-ring (bicyclic) bond motifs is 1. The minimum atomic E-state index is 0.463. The highest BCUT2D eigenvalue weighted by molar-refractivity contribution is 5.33. The summed E-state index contributed by atoms with van der Waals surface area (Å²) in [5, 5.41) is 0. The molecule has 1 heterocycles. The van der Waals surface area contributed by atoms with Gasteiger partial charge in [0.05, 0.1) is 0 Å². The number of hydrogen-bond acceptors (Lipinski definition) is 1. The molecule has 124 valence electrons. The van der Waals surface area contributed by atoms with Crippen LogP contribution in [-0.2, 0) is 11.8 Å². The molecule has 0 saturated heterocycles. The Morgan fingerprint density at radius 2 is 1.65 bits per heavy atom. The number of pyridine rings is 1. The van der Waals surface area contributed by atoms with Gasteiger partial charge >= 0.3 is 0 Å². The van der Waals surface area contributed by atoms with Gasteiger partial charge in [-0.25, -0.2) is 0 Å². The lowest BCUT2D eigenvalue weighted by atomic mass is 9.48. The van der Waals surface area contributed by atoms with Gasteiger partial charge in [-0.05, 0) is 92.6 Å². The van der Waals surface area contributed by atoms with Crippen molar-refractivity contribution in [1.82, 2.24) is 4.98 Å². The fraction of sp³-hybridized carbons (Fsp3) is 0.773. The maximum absolute atomic E-state index is 5.35. The van der Waals surface area contributed by atoms with Crippen molar-refractivity contribution in [3.05, 3.63) is 29.1 Å². The van der Waals surface area contributed by atoms with Gasteiger partial charge in [-0.15, -0.1) is 0 Å². The molecule has 4 saturated carbocycles. The largest absolute Gasteiger partial charge is 0.257 e. The zero-order valence-electron chi connectivity index (χ0n) is 14.9. The second-order valence-electron chi connectivity index (χ2n) is 9.55. The molecule has 4 bridgehead atoms. The molecule has 2 unspecified atom stereocenters. The molecule has 1 nitrogen and oxygen atoms in total. The summed E-state index contributed by atoms with van der Waals surface area (Å²) in [7, 11) is 0. The lowest BCUT2D eigenvalue weighted by molar-refractivity contribution is -0.00734. The van der Waals surface area contributed by atoms with Crippen molar-refractivity contribution in [3.63, 3.8) is 0 Å². The van der Waals surface area contributed by atoms with Crippen molar-refractivity contribution in [2.75, 3.05) is 0 Å². The van der Waals surface area contributed by atoms with Crippen LogP contribution in [0.3, 0.4) is 0 Å². The van der Waals surface area contributed by atoms with Crippen LogP contribution in [-0.4, -0.2) is 4.98 Å². The quantitative estimate of drug-likeness (QED) is 0.690. The van der Waals surface area contributed by atoms with Crippen molar-refractivity contribution in [2.24, 2.45) is 23.7 Å². The van der Waals surface area contributed by atoms with E-state index < -0.39 is 0 Å². The van der Waals surface area contributed by atoms with Crippen LogP contribution < -0.4 is 0 Å². The number of rotatable bonds is 2. The summed E-state index contributed by atoms with van der Waals surface area (Å²) in [5.74, 6) is 4.59. The van der Waals surface area contributed by atoms with Crippen LogP contribution in [0.2, 0.25) is 0 Å². The third kappa shape index (κ3) is 2.22. The van der Waals surface area contributed by atoms with Crippen molar-refractivity contribution in [3.8, 4) is 0 Å². The maximum atomic E-state index is 5.35. The molecular formula is C22H31N. The van der Waals surface area contributed by atoms with Crippen molar-refractivity contribution >= 4 is 0 Å². The van der Waals surface area contributed by atoms with Crippen LogP contribution in [0.25, 0.3) is 0 Å². The van der Waals surface area contributed by atoms with E-state index in [0.717, 1.165) is 23.7 Å². The van der Waals surface area contributed by atoms with Crippen LogP contribution >= 0.6 is 0 Å². The molecule has 1 aromatic rings. The molecule has 5 aliphatic rings. The second kappa shape index (κ2) is 5.07. The van der Waals surface area contributed by atoms with Gasteiger partial charge < -0.3 is 0 Å². The first-order valence-corrected chi connectivity index (χ1v) is 10.2. The lowest BCUT2D eigenvalue weighted by Crippen LogP contribution is -2.49. The Morgan fingerprint density at radius 3 is 2.26 bits per heavy atom. The zero-order valence-corrected chi connectivity index (χ0v) is 14.9.